The van der Waals surface area contributed by atoms with Gasteiger partial charge >= 0.3 is 17.9 Å². The molecule has 0 radical (unpaired) electrons. The fourth-order valence-corrected chi connectivity index (χ4v) is 6.58. The fraction of sp³-hybridized carbons (Fsp3) is 0.655. The summed E-state index contributed by atoms with van der Waals surface area (Å²) in [5.74, 6) is -1.10. The van der Waals surface area contributed by atoms with Crippen molar-refractivity contribution in [3.8, 4) is 0 Å². The molecule has 1 unspecified atom stereocenters. The lowest BCUT2D eigenvalue weighted by atomic mass is 10.0. The van der Waals surface area contributed by atoms with E-state index in [1.54, 1.807) is 6.08 Å². The molecule has 346 valence electrons. The highest BCUT2D eigenvalue weighted by molar-refractivity contribution is 5.72. The molecule has 0 saturated heterocycles. The lowest BCUT2D eigenvalue weighted by Crippen LogP contribution is -2.30. The Balaban J connectivity index is 4.41. The molecule has 0 N–H and O–H groups in total. The van der Waals surface area contributed by atoms with Crippen LogP contribution in [-0.2, 0) is 28.6 Å². The zero-order chi connectivity index (χ0) is 44.4. The van der Waals surface area contributed by atoms with Crippen LogP contribution < -0.4 is 0 Å². The van der Waals surface area contributed by atoms with Crippen molar-refractivity contribution >= 4 is 17.9 Å². The van der Waals surface area contributed by atoms with Crippen LogP contribution in [0.1, 0.15) is 213 Å². The van der Waals surface area contributed by atoms with E-state index in [0.717, 1.165) is 64.2 Å². The number of carbonyl (C=O) groups excluding carboxylic acids is 3. The van der Waals surface area contributed by atoms with E-state index < -0.39 is 12.1 Å². The van der Waals surface area contributed by atoms with E-state index in [9.17, 15) is 14.4 Å². The topological polar surface area (TPSA) is 78.9 Å². The Bertz CT molecular complexity index is 1250. The molecule has 0 bridgehead atoms. The van der Waals surface area contributed by atoms with Crippen molar-refractivity contribution in [1.29, 1.82) is 0 Å². The molecule has 1 atom stereocenters. The molecular formula is C55H90O6. The largest absolute Gasteiger partial charge is 0.462 e. The maximum Gasteiger partial charge on any atom is 0.309 e. The summed E-state index contributed by atoms with van der Waals surface area (Å²) >= 11 is 0. The minimum absolute atomic E-state index is 0.121. The number of allylic oxidation sites excluding steroid dienone is 15. The van der Waals surface area contributed by atoms with Crippen LogP contribution in [0.3, 0.4) is 0 Å². The Kier molecular flexibility index (Phi) is 46.0. The maximum absolute atomic E-state index is 12.7. The standard InChI is InChI=1S/C55H90O6/c1-4-7-10-13-16-19-21-23-25-26-27-28-30-31-33-36-39-42-45-48-54(57)60-51-52(50-59-53(56)47-44-41-38-35-18-15-12-9-6-3)61-55(58)49-46-43-40-37-34-32-29-24-22-20-17-14-11-8-5-2/h8-9,11-12,14,17-18,20,22,24,29,32,34-35,41,44,52H,4-7,10,13,15-16,19,21,23,25-28,30-31,33,36-40,42-43,45-51H2,1-3H3/b11-8-,12-9-,17-14-,22-20-,29-24-,34-32-,35-18-,44-41-. The first kappa shape index (κ1) is 57.3. The molecule has 0 aliphatic rings. The molecule has 0 aliphatic heterocycles. The zero-order valence-electron chi connectivity index (χ0n) is 39.4. The number of ether oxygens (including phenoxy) is 3. The van der Waals surface area contributed by atoms with Gasteiger partial charge in [0, 0.05) is 12.8 Å². The van der Waals surface area contributed by atoms with Crippen LogP contribution in [0.25, 0.3) is 0 Å². The van der Waals surface area contributed by atoms with Gasteiger partial charge in [-0.1, -0.05) is 240 Å². The van der Waals surface area contributed by atoms with Crippen molar-refractivity contribution in [1.82, 2.24) is 0 Å². The van der Waals surface area contributed by atoms with Crippen molar-refractivity contribution in [2.45, 2.75) is 219 Å². The molecular weight excluding hydrogens is 757 g/mol. The van der Waals surface area contributed by atoms with Gasteiger partial charge in [0.25, 0.3) is 0 Å². The average Bonchev–Trinajstić information content (AvgIpc) is 3.26. The van der Waals surface area contributed by atoms with Crippen molar-refractivity contribution < 1.29 is 28.6 Å². The van der Waals surface area contributed by atoms with Crippen molar-refractivity contribution in [2.75, 3.05) is 13.2 Å². The van der Waals surface area contributed by atoms with Crippen LogP contribution >= 0.6 is 0 Å². The molecule has 6 nitrogen and oxygen atoms in total. The molecule has 0 aromatic heterocycles. The Morgan fingerprint density at radius 2 is 0.770 bits per heavy atom. The Hall–Kier alpha value is -3.67. The first-order chi connectivity index (χ1) is 30.0. The Morgan fingerprint density at radius 1 is 0.377 bits per heavy atom. The SMILES string of the molecule is CC\C=C/C=C\C=C/C=C\C=C/CCCCCC(=O)OC(COC(=O)C/C=C\C/C=C\C/C=C\CC)COC(=O)CCCCCCCCCCCCCCCCCCCCC. The van der Waals surface area contributed by atoms with E-state index in [1.165, 1.54) is 103 Å². The summed E-state index contributed by atoms with van der Waals surface area (Å²) in [6.07, 6.45) is 64.4. The summed E-state index contributed by atoms with van der Waals surface area (Å²) < 4.78 is 16.6. The van der Waals surface area contributed by atoms with Crippen LogP contribution in [0.15, 0.2) is 97.2 Å². The van der Waals surface area contributed by atoms with Crippen molar-refractivity contribution in [3.63, 3.8) is 0 Å². The highest BCUT2D eigenvalue weighted by Gasteiger charge is 2.19. The monoisotopic (exact) mass is 847 g/mol. The molecule has 0 fully saturated rings. The van der Waals surface area contributed by atoms with E-state index in [4.69, 9.17) is 14.2 Å². The fourth-order valence-electron chi connectivity index (χ4n) is 6.58. The van der Waals surface area contributed by atoms with Gasteiger partial charge in [0.05, 0.1) is 6.42 Å². The summed E-state index contributed by atoms with van der Waals surface area (Å²) in [5.41, 5.74) is 0. The number of hydrogen-bond acceptors (Lipinski definition) is 6. The summed E-state index contributed by atoms with van der Waals surface area (Å²) in [5, 5.41) is 0. The second-order valence-electron chi connectivity index (χ2n) is 16.1. The van der Waals surface area contributed by atoms with Gasteiger partial charge in [0.15, 0.2) is 6.10 Å². The van der Waals surface area contributed by atoms with Crippen LogP contribution in [-0.4, -0.2) is 37.2 Å². The molecule has 6 heteroatoms. The second kappa shape index (κ2) is 49.0. The third kappa shape index (κ3) is 47.2. The lowest BCUT2D eigenvalue weighted by molar-refractivity contribution is -0.166. The van der Waals surface area contributed by atoms with Gasteiger partial charge < -0.3 is 14.2 Å². The van der Waals surface area contributed by atoms with Crippen LogP contribution in [0, 0.1) is 0 Å². The number of hydrogen-bond donors (Lipinski definition) is 0. The molecule has 0 aromatic rings. The number of carbonyl (C=O) groups is 3. The van der Waals surface area contributed by atoms with Gasteiger partial charge in [0.2, 0.25) is 0 Å². The predicted octanol–water partition coefficient (Wildman–Crippen LogP) is 16.2. The normalized spacial score (nSPS) is 12.9. The van der Waals surface area contributed by atoms with E-state index >= 15 is 0 Å². The highest BCUT2D eigenvalue weighted by atomic mass is 16.6. The van der Waals surface area contributed by atoms with Crippen LogP contribution in [0.4, 0.5) is 0 Å². The third-order valence-corrected chi connectivity index (χ3v) is 10.2. The van der Waals surface area contributed by atoms with Crippen molar-refractivity contribution in [3.05, 3.63) is 97.2 Å². The summed E-state index contributed by atoms with van der Waals surface area (Å²) in [6.45, 7) is 6.24. The Morgan fingerprint density at radius 3 is 1.28 bits per heavy atom. The predicted molar refractivity (Wildman–Crippen MR) is 260 cm³/mol. The van der Waals surface area contributed by atoms with E-state index in [0.29, 0.717) is 12.8 Å². The maximum atomic E-state index is 12.7. The third-order valence-electron chi connectivity index (χ3n) is 10.2. The van der Waals surface area contributed by atoms with Gasteiger partial charge in [0.1, 0.15) is 13.2 Å². The van der Waals surface area contributed by atoms with Gasteiger partial charge in [-0.25, -0.2) is 0 Å². The smallest absolute Gasteiger partial charge is 0.309 e. The van der Waals surface area contributed by atoms with Crippen LogP contribution in [0.2, 0.25) is 0 Å². The number of rotatable bonds is 43. The average molecular weight is 847 g/mol. The molecule has 0 aliphatic carbocycles. The molecule has 0 heterocycles. The van der Waals surface area contributed by atoms with Gasteiger partial charge in [-0.05, 0) is 51.4 Å². The number of unbranched alkanes of at least 4 members (excludes halogenated alkanes) is 21. The molecule has 0 rings (SSSR count). The van der Waals surface area contributed by atoms with E-state index in [1.807, 2.05) is 54.7 Å². The molecule has 0 saturated carbocycles. The van der Waals surface area contributed by atoms with E-state index in [2.05, 4.69) is 57.2 Å². The quantitative estimate of drug-likeness (QED) is 0.0200. The summed E-state index contributed by atoms with van der Waals surface area (Å²) in [6, 6.07) is 0. The Labute approximate surface area is 375 Å². The first-order valence-electron chi connectivity index (χ1n) is 24.8. The van der Waals surface area contributed by atoms with E-state index in [-0.39, 0.29) is 38.0 Å². The van der Waals surface area contributed by atoms with Gasteiger partial charge in [-0.2, -0.15) is 0 Å². The molecule has 0 aromatic carbocycles. The van der Waals surface area contributed by atoms with Crippen molar-refractivity contribution in [2.24, 2.45) is 0 Å². The first-order valence-corrected chi connectivity index (χ1v) is 24.8. The summed E-state index contributed by atoms with van der Waals surface area (Å²) in [4.78, 5) is 37.7. The number of esters is 3. The molecule has 61 heavy (non-hydrogen) atoms. The molecule has 0 amide bonds. The molecule has 0 spiro atoms. The minimum Gasteiger partial charge on any atom is -0.462 e. The second-order valence-corrected chi connectivity index (χ2v) is 16.1. The zero-order valence-corrected chi connectivity index (χ0v) is 39.4. The minimum atomic E-state index is -0.833. The highest BCUT2D eigenvalue weighted by Crippen LogP contribution is 2.15. The lowest BCUT2D eigenvalue weighted by Gasteiger charge is -2.18. The van der Waals surface area contributed by atoms with Gasteiger partial charge in [-0.15, -0.1) is 0 Å². The van der Waals surface area contributed by atoms with Gasteiger partial charge in [-0.3, -0.25) is 14.4 Å². The van der Waals surface area contributed by atoms with Crippen LogP contribution in [0.5, 0.6) is 0 Å². The summed E-state index contributed by atoms with van der Waals surface area (Å²) in [7, 11) is 0.